The second-order valence-electron chi connectivity index (χ2n) is 9.14. The van der Waals surface area contributed by atoms with Gasteiger partial charge < -0.3 is 19.5 Å². The van der Waals surface area contributed by atoms with Crippen LogP contribution in [0.1, 0.15) is 44.1 Å². The van der Waals surface area contributed by atoms with Crippen molar-refractivity contribution in [2.24, 2.45) is 23.2 Å². The minimum absolute atomic E-state index is 0.0379. The average Bonchev–Trinajstić information content (AvgIpc) is 2.69. The summed E-state index contributed by atoms with van der Waals surface area (Å²) < 4.78 is 16.4. The Hall–Kier alpha value is -1.95. The standard InChI is InChI=1S/C22H26ClNO5/c23-17-6-16(7-18-20(17)28-2-1-27-18)12-29-19(25)11-24-21(26)22-8-13-3-14(9-22)5-15(4-13)10-22/h6-7,13-15H,1-5,8-12H2,(H,24,26). The maximum absolute atomic E-state index is 12.9. The lowest BCUT2D eigenvalue weighted by molar-refractivity contribution is -0.151. The zero-order valence-corrected chi connectivity index (χ0v) is 17.1. The molecule has 6 nitrogen and oxygen atoms in total. The topological polar surface area (TPSA) is 73.9 Å². The lowest BCUT2D eigenvalue weighted by Gasteiger charge is -2.55. The summed E-state index contributed by atoms with van der Waals surface area (Å²) in [7, 11) is 0. The zero-order chi connectivity index (χ0) is 20.0. The first-order valence-electron chi connectivity index (χ1n) is 10.5. The van der Waals surface area contributed by atoms with Gasteiger partial charge in [-0.2, -0.15) is 0 Å². The van der Waals surface area contributed by atoms with Crippen LogP contribution in [0, 0.1) is 23.2 Å². The van der Waals surface area contributed by atoms with Crippen molar-refractivity contribution in [3.8, 4) is 11.5 Å². The lowest BCUT2D eigenvalue weighted by atomic mass is 9.49. The Labute approximate surface area is 175 Å². The van der Waals surface area contributed by atoms with E-state index in [0.717, 1.165) is 24.8 Å². The fourth-order valence-corrected chi connectivity index (χ4v) is 6.48. The van der Waals surface area contributed by atoms with Gasteiger partial charge in [-0.25, -0.2) is 0 Å². The fourth-order valence-electron chi connectivity index (χ4n) is 6.19. The number of hydrogen-bond donors (Lipinski definition) is 1. The number of amides is 1. The molecular formula is C22H26ClNO5. The number of benzene rings is 1. The quantitative estimate of drug-likeness (QED) is 0.739. The molecule has 7 heteroatoms. The van der Waals surface area contributed by atoms with Crippen molar-refractivity contribution in [2.75, 3.05) is 19.8 Å². The van der Waals surface area contributed by atoms with E-state index >= 15 is 0 Å². The smallest absolute Gasteiger partial charge is 0.325 e. The molecule has 4 bridgehead atoms. The van der Waals surface area contributed by atoms with Crippen LogP contribution in [0.15, 0.2) is 12.1 Å². The second kappa shape index (κ2) is 7.38. The van der Waals surface area contributed by atoms with Crippen LogP contribution in [0.2, 0.25) is 5.02 Å². The molecular weight excluding hydrogens is 394 g/mol. The molecule has 5 aliphatic rings. The van der Waals surface area contributed by atoms with Gasteiger partial charge in [-0.05, 0) is 74.0 Å². The SMILES string of the molecule is O=C(CNC(=O)C12CC3CC(CC(C3)C1)C2)OCc1cc(Cl)c2c(c1)OCCO2. The molecule has 0 aromatic heterocycles. The van der Waals surface area contributed by atoms with Gasteiger partial charge in [0.1, 0.15) is 26.4 Å². The molecule has 4 saturated carbocycles. The molecule has 1 aromatic rings. The summed E-state index contributed by atoms with van der Waals surface area (Å²) in [5.74, 6) is 2.75. The van der Waals surface area contributed by atoms with Crippen LogP contribution in [0.25, 0.3) is 0 Å². The molecule has 4 aliphatic carbocycles. The van der Waals surface area contributed by atoms with Gasteiger partial charge in [0, 0.05) is 5.41 Å². The molecule has 6 rings (SSSR count). The Morgan fingerprint density at radius 1 is 1.07 bits per heavy atom. The Kier molecular flexibility index (Phi) is 4.85. The van der Waals surface area contributed by atoms with E-state index in [1.165, 1.54) is 19.3 Å². The minimum atomic E-state index is -0.450. The van der Waals surface area contributed by atoms with Crippen molar-refractivity contribution >= 4 is 23.5 Å². The van der Waals surface area contributed by atoms with Gasteiger partial charge in [0.2, 0.25) is 5.91 Å². The van der Waals surface area contributed by atoms with Crippen LogP contribution in [0.5, 0.6) is 11.5 Å². The lowest BCUT2D eigenvalue weighted by Crippen LogP contribution is -2.54. The summed E-state index contributed by atoms with van der Waals surface area (Å²) in [5.41, 5.74) is 0.471. The molecule has 1 heterocycles. The van der Waals surface area contributed by atoms with Crippen molar-refractivity contribution in [1.82, 2.24) is 5.32 Å². The van der Waals surface area contributed by atoms with E-state index in [2.05, 4.69) is 5.32 Å². The predicted octanol–water partition coefficient (Wildman–Crippen LogP) is 3.49. The molecule has 156 valence electrons. The number of esters is 1. The van der Waals surface area contributed by atoms with Crippen molar-refractivity contribution in [1.29, 1.82) is 0 Å². The van der Waals surface area contributed by atoms with Crippen molar-refractivity contribution in [3.63, 3.8) is 0 Å². The number of rotatable bonds is 5. The summed E-state index contributed by atoms with van der Waals surface area (Å²) >= 11 is 6.21. The molecule has 0 unspecified atom stereocenters. The Morgan fingerprint density at radius 3 is 2.41 bits per heavy atom. The number of hydrogen-bond acceptors (Lipinski definition) is 5. The largest absolute Gasteiger partial charge is 0.486 e. The summed E-state index contributed by atoms with van der Waals surface area (Å²) in [5, 5.41) is 3.29. The normalized spacial score (nSPS) is 31.4. The first kappa shape index (κ1) is 19.0. The number of ether oxygens (including phenoxy) is 3. The molecule has 0 atom stereocenters. The van der Waals surface area contributed by atoms with Gasteiger partial charge >= 0.3 is 5.97 Å². The van der Waals surface area contributed by atoms with Crippen molar-refractivity contribution < 1.29 is 23.8 Å². The highest BCUT2D eigenvalue weighted by atomic mass is 35.5. The number of carbonyl (C=O) groups is 2. The summed E-state index contributed by atoms with van der Waals surface area (Å²) in [6.07, 6.45) is 6.80. The highest BCUT2D eigenvalue weighted by Gasteiger charge is 2.54. The van der Waals surface area contributed by atoms with Crippen LogP contribution in [-0.2, 0) is 20.9 Å². The van der Waals surface area contributed by atoms with Gasteiger partial charge in [-0.1, -0.05) is 11.6 Å². The highest BCUT2D eigenvalue weighted by molar-refractivity contribution is 6.32. The third-order valence-electron chi connectivity index (χ3n) is 6.97. The van der Waals surface area contributed by atoms with E-state index in [1.54, 1.807) is 12.1 Å². The highest BCUT2D eigenvalue weighted by Crippen LogP contribution is 2.60. The monoisotopic (exact) mass is 419 g/mol. The van der Waals surface area contributed by atoms with E-state index in [1.807, 2.05) is 0 Å². The first-order chi connectivity index (χ1) is 14.0. The summed E-state index contributed by atoms with van der Waals surface area (Å²) in [6, 6.07) is 3.47. The van der Waals surface area contributed by atoms with Gasteiger partial charge in [0.25, 0.3) is 0 Å². The summed E-state index contributed by atoms with van der Waals surface area (Å²) in [6.45, 7) is 0.898. The molecule has 4 fully saturated rings. The molecule has 0 radical (unpaired) electrons. The van der Waals surface area contributed by atoms with Crippen LogP contribution in [0.3, 0.4) is 0 Å². The molecule has 0 saturated heterocycles. The third-order valence-corrected chi connectivity index (χ3v) is 7.25. The molecule has 29 heavy (non-hydrogen) atoms. The maximum Gasteiger partial charge on any atom is 0.325 e. The van der Waals surface area contributed by atoms with Gasteiger partial charge in [0.05, 0.1) is 5.02 Å². The summed E-state index contributed by atoms with van der Waals surface area (Å²) in [4.78, 5) is 25.1. The Morgan fingerprint density at radius 2 is 1.72 bits per heavy atom. The van der Waals surface area contributed by atoms with Crippen LogP contribution in [-0.4, -0.2) is 31.6 Å². The number of carbonyl (C=O) groups excluding carboxylic acids is 2. The van der Waals surface area contributed by atoms with Crippen LogP contribution < -0.4 is 14.8 Å². The third kappa shape index (κ3) is 3.67. The van der Waals surface area contributed by atoms with E-state index in [4.69, 9.17) is 25.8 Å². The number of fused-ring (bicyclic) bond motifs is 1. The first-order valence-corrected chi connectivity index (χ1v) is 10.9. The second-order valence-corrected chi connectivity index (χ2v) is 9.55. The molecule has 0 spiro atoms. The van der Waals surface area contributed by atoms with Gasteiger partial charge in [0.15, 0.2) is 11.5 Å². The Balaban J connectivity index is 1.14. The molecule has 1 aromatic carbocycles. The van der Waals surface area contributed by atoms with Gasteiger partial charge in [-0.15, -0.1) is 0 Å². The van der Waals surface area contributed by atoms with Gasteiger partial charge in [-0.3, -0.25) is 9.59 Å². The van der Waals surface area contributed by atoms with Crippen molar-refractivity contribution in [2.45, 2.75) is 45.1 Å². The van der Waals surface area contributed by atoms with E-state index in [0.29, 0.717) is 47.5 Å². The predicted molar refractivity (Wildman–Crippen MR) is 106 cm³/mol. The molecule has 1 aliphatic heterocycles. The molecule has 1 amide bonds. The van der Waals surface area contributed by atoms with E-state index in [9.17, 15) is 9.59 Å². The van der Waals surface area contributed by atoms with Crippen molar-refractivity contribution in [3.05, 3.63) is 22.7 Å². The Bertz CT molecular complexity index is 803. The molecule has 1 N–H and O–H groups in total. The van der Waals surface area contributed by atoms with Crippen LogP contribution >= 0.6 is 11.6 Å². The number of halogens is 1. The number of nitrogens with one attached hydrogen (secondary N) is 1. The van der Waals surface area contributed by atoms with E-state index in [-0.39, 0.29) is 24.5 Å². The fraction of sp³-hybridized carbons (Fsp3) is 0.636. The zero-order valence-electron chi connectivity index (χ0n) is 16.4. The maximum atomic E-state index is 12.9. The average molecular weight is 420 g/mol. The minimum Gasteiger partial charge on any atom is -0.486 e. The van der Waals surface area contributed by atoms with E-state index < -0.39 is 5.97 Å². The van der Waals surface area contributed by atoms with Crippen LogP contribution in [0.4, 0.5) is 0 Å².